The Bertz CT molecular complexity index is 477. The molecule has 2 rings (SSSR count). The quantitative estimate of drug-likeness (QED) is 0.842. The van der Waals surface area contributed by atoms with Gasteiger partial charge in [0.1, 0.15) is 10.9 Å². The monoisotopic (exact) mass is 346 g/mol. The van der Waals surface area contributed by atoms with Gasteiger partial charge in [0, 0.05) is 24.1 Å². The van der Waals surface area contributed by atoms with E-state index in [2.05, 4.69) is 21.2 Å². The smallest absolute Gasteiger partial charge is 0.330 e. The van der Waals surface area contributed by atoms with Gasteiger partial charge in [-0.2, -0.15) is 0 Å². The van der Waals surface area contributed by atoms with E-state index in [4.69, 9.17) is 4.74 Å². The fourth-order valence-corrected chi connectivity index (χ4v) is 3.47. The van der Waals surface area contributed by atoms with Crippen molar-refractivity contribution in [2.45, 2.75) is 13.0 Å². The standard InChI is InChI=1S/C12H15BrN2O3S/c1-2-18-12(17)9-7-14-4-5-15(9)11(16)10-8(13)3-6-19-10/h3,6,9,14H,2,4-5,7H2,1H3. The van der Waals surface area contributed by atoms with Crippen LogP contribution in [0.4, 0.5) is 0 Å². The Morgan fingerprint density at radius 2 is 2.42 bits per heavy atom. The maximum atomic E-state index is 12.5. The molecule has 0 bridgehead atoms. The summed E-state index contributed by atoms with van der Waals surface area (Å²) in [5.41, 5.74) is 0. The average molecular weight is 347 g/mol. The molecule has 0 radical (unpaired) electrons. The summed E-state index contributed by atoms with van der Waals surface area (Å²) in [6, 6.07) is 1.29. The van der Waals surface area contributed by atoms with Crippen LogP contribution in [0.15, 0.2) is 15.9 Å². The van der Waals surface area contributed by atoms with Gasteiger partial charge in [0.2, 0.25) is 0 Å². The third-order valence-corrected chi connectivity index (χ3v) is 4.70. The first kappa shape index (κ1) is 14.5. The summed E-state index contributed by atoms with van der Waals surface area (Å²) in [5, 5.41) is 4.96. The first-order valence-electron chi connectivity index (χ1n) is 6.06. The molecule has 1 aliphatic heterocycles. The molecule has 1 unspecified atom stereocenters. The Balaban J connectivity index is 2.18. The molecule has 1 fully saturated rings. The number of nitrogens with zero attached hydrogens (tertiary/aromatic N) is 1. The molecule has 1 aromatic rings. The molecule has 1 saturated heterocycles. The molecular formula is C12H15BrN2O3S. The first-order chi connectivity index (χ1) is 9.15. The number of ether oxygens (including phenoxy) is 1. The van der Waals surface area contributed by atoms with Crippen LogP contribution in [-0.2, 0) is 9.53 Å². The van der Waals surface area contributed by atoms with E-state index in [1.807, 2.05) is 11.4 Å². The van der Waals surface area contributed by atoms with E-state index >= 15 is 0 Å². The lowest BCUT2D eigenvalue weighted by Crippen LogP contribution is -2.57. The molecule has 7 heteroatoms. The first-order valence-corrected chi connectivity index (χ1v) is 7.73. The van der Waals surface area contributed by atoms with Gasteiger partial charge in [-0.05, 0) is 34.3 Å². The van der Waals surface area contributed by atoms with Crippen LogP contribution in [0, 0.1) is 0 Å². The minimum Gasteiger partial charge on any atom is -0.464 e. The summed E-state index contributed by atoms with van der Waals surface area (Å²) in [6.07, 6.45) is 0. The zero-order valence-corrected chi connectivity index (χ0v) is 12.9. The summed E-state index contributed by atoms with van der Waals surface area (Å²) < 4.78 is 5.80. The van der Waals surface area contributed by atoms with Crippen LogP contribution in [0.5, 0.6) is 0 Å². The SMILES string of the molecule is CCOC(=O)C1CNCCN1C(=O)c1sccc1Br. The average Bonchev–Trinajstić information content (AvgIpc) is 2.84. The lowest BCUT2D eigenvalue weighted by molar-refractivity contribution is -0.149. The molecule has 1 N–H and O–H groups in total. The van der Waals surface area contributed by atoms with E-state index < -0.39 is 6.04 Å². The molecule has 1 atom stereocenters. The van der Waals surface area contributed by atoms with Gasteiger partial charge in [-0.25, -0.2) is 4.79 Å². The number of carbonyl (C=O) groups excluding carboxylic acids is 2. The summed E-state index contributed by atoms with van der Waals surface area (Å²) in [4.78, 5) is 26.6. The molecule has 0 aromatic carbocycles. The van der Waals surface area contributed by atoms with Gasteiger partial charge in [-0.3, -0.25) is 4.79 Å². The fourth-order valence-electron chi connectivity index (χ4n) is 1.97. The van der Waals surface area contributed by atoms with Crippen molar-refractivity contribution in [3.8, 4) is 0 Å². The molecule has 5 nitrogen and oxygen atoms in total. The van der Waals surface area contributed by atoms with Crippen molar-refractivity contribution in [3.05, 3.63) is 20.8 Å². The second kappa shape index (κ2) is 6.49. The van der Waals surface area contributed by atoms with Crippen LogP contribution in [0.1, 0.15) is 16.6 Å². The molecule has 2 heterocycles. The van der Waals surface area contributed by atoms with Crippen molar-refractivity contribution < 1.29 is 14.3 Å². The number of thiophene rings is 1. The second-order valence-corrected chi connectivity index (χ2v) is 5.84. The van der Waals surface area contributed by atoms with E-state index in [9.17, 15) is 9.59 Å². The van der Waals surface area contributed by atoms with Crippen LogP contribution >= 0.6 is 27.3 Å². The van der Waals surface area contributed by atoms with Crippen molar-refractivity contribution in [2.75, 3.05) is 26.2 Å². The molecule has 1 aromatic heterocycles. The predicted molar refractivity (Wildman–Crippen MR) is 76.3 cm³/mol. The Hall–Kier alpha value is -0.920. The van der Waals surface area contributed by atoms with Crippen LogP contribution < -0.4 is 5.32 Å². The number of halogens is 1. The van der Waals surface area contributed by atoms with Crippen LogP contribution in [0.2, 0.25) is 0 Å². The van der Waals surface area contributed by atoms with E-state index in [-0.39, 0.29) is 11.9 Å². The molecule has 1 amide bonds. The van der Waals surface area contributed by atoms with Gasteiger partial charge in [0.05, 0.1) is 6.61 Å². The summed E-state index contributed by atoms with van der Waals surface area (Å²) >= 11 is 4.72. The number of hydrogen-bond donors (Lipinski definition) is 1. The zero-order valence-electron chi connectivity index (χ0n) is 10.5. The van der Waals surface area contributed by atoms with Gasteiger partial charge in [0.15, 0.2) is 0 Å². The Labute approximate surface area is 124 Å². The topological polar surface area (TPSA) is 58.6 Å². The number of nitrogens with one attached hydrogen (secondary N) is 1. The van der Waals surface area contributed by atoms with Gasteiger partial charge in [-0.15, -0.1) is 11.3 Å². The highest BCUT2D eigenvalue weighted by Crippen LogP contribution is 2.25. The number of rotatable bonds is 3. The van der Waals surface area contributed by atoms with Gasteiger partial charge in [0.25, 0.3) is 5.91 Å². The van der Waals surface area contributed by atoms with Crippen LogP contribution in [0.3, 0.4) is 0 Å². The number of piperazine rings is 1. The van der Waals surface area contributed by atoms with Crippen LogP contribution in [-0.4, -0.2) is 49.1 Å². The lowest BCUT2D eigenvalue weighted by atomic mass is 10.2. The Morgan fingerprint density at radius 1 is 1.63 bits per heavy atom. The summed E-state index contributed by atoms with van der Waals surface area (Å²) in [6.45, 7) is 3.71. The number of amides is 1. The fraction of sp³-hybridized carbons (Fsp3) is 0.500. The van der Waals surface area contributed by atoms with E-state index in [0.717, 1.165) is 4.47 Å². The van der Waals surface area contributed by atoms with Crippen molar-refractivity contribution >= 4 is 39.1 Å². The maximum absolute atomic E-state index is 12.5. The summed E-state index contributed by atoms with van der Waals surface area (Å²) in [5.74, 6) is -0.475. The number of esters is 1. The zero-order chi connectivity index (χ0) is 13.8. The van der Waals surface area contributed by atoms with Crippen LogP contribution in [0.25, 0.3) is 0 Å². The largest absolute Gasteiger partial charge is 0.464 e. The lowest BCUT2D eigenvalue weighted by Gasteiger charge is -2.34. The predicted octanol–water partition coefficient (Wildman–Crippen LogP) is 1.49. The minimum atomic E-state index is -0.546. The van der Waals surface area contributed by atoms with E-state index in [0.29, 0.717) is 31.1 Å². The number of hydrogen-bond acceptors (Lipinski definition) is 5. The van der Waals surface area contributed by atoms with Crippen molar-refractivity contribution in [2.24, 2.45) is 0 Å². The number of carbonyl (C=O) groups is 2. The maximum Gasteiger partial charge on any atom is 0.330 e. The minimum absolute atomic E-state index is 0.124. The van der Waals surface area contributed by atoms with Gasteiger partial charge < -0.3 is 15.0 Å². The highest BCUT2D eigenvalue weighted by Gasteiger charge is 2.34. The van der Waals surface area contributed by atoms with Crippen molar-refractivity contribution in [3.63, 3.8) is 0 Å². The highest BCUT2D eigenvalue weighted by molar-refractivity contribution is 9.10. The molecule has 104 valence electrons. The Morgan fingerprint density at radius 3 is 3.05 bits per heavy atom. The molecule has 0 saturated carbocycles. The molecule has 19 heavy (non-hydrogen) atoms. The van der Waals surface area contributed by atoms with Crippen molar-refractivity contribution in [1.82, 2.24) is 10.2 Å². The van der Waals surface area contributed by atoms with E-state index in [1.165, 1.54) is 11.3 Å². The molecule has 1 aliphatic rings. The second-order valence-electron chi connectivity index (χ2n) is 4.07. The summed E-state index contributed by atoms with van der Waals surface area (Å²) in [7, 11) is 0. The Kier molecular flexibility index (Phi) is 4.95. The normalized spacial score (nSPS) is 19.3. The highest BCUT2D eigenvalue weighted by atomic mass is 79.9. The van der Waals surface area contributed by atoms with Gasteiger partial charge in [-0.1, -0.05) is 0 Å². The molecule has 0 aliphatic carbocycles. The van der Waals surface area contributed by atoms with E-state index in [1.54, 1.807) is 11.8 Å². The molecule has 0 spiro atoms. The van der Waals surface area contributed by atoms with Gasteiger partial charge >= 0.3 is 5.97 Å². The van der Waals surface area contributed by atoms with Crippen molar-refractivity contribution in [1.29, 1.82) is 0 Å². The molecular weight excluding hydrogens is 332 g/mol. The third-order valence-electron chi connectivity index (χ3n) is 2.87. The third kappa shape index (κ3) is 3.16.